The monoisotopic (exact) mass is 563 g/mol. The number of aliphatic imine (C=N–C) groups is 2. The number of benzene rings is 2. The number of anilines is 1. The molecule has 2 aromatic carbocycles. The van der Waals surface area contributed by atoms with Gasteiger partial charge < -0.3 is 4.90 Å². The topological polar surface area (TPSA) is 97.0 Å². The molecule has 0 saturated carbocycles. The molecule has 1 aromatic heterocycles. The summed E-state index contributed by atoms with van der Waals surface area (Å²) in [5.74, 6) is 0.897. The number of rotatable bonds is 5. The van der Waals surface area contributed by atoms with Crippen molar-refractivity contribution in [2.45, 2.75) is 19.0 Å². The SMILES string of the molecule is CSC1=N[C@@](C)(c2ccccc2)C(=O)N1Nc1ccccc1.N#CN=C1SCCN1Cc1ccc(Cl)nc1. The van der Waals surface area contributed by atoms with Gasteiger partial charge in [-0.2, -0.15) is 10.3 Å². The Balaban J connectivity index is 0.000000186. The Morgan fingerprint density at radius 1 is 1.16 bits per heavy atom. The van der Waals surface area contributed by atoms with E-state index in [4.69, 9.17) is 16.9 Å². The molecular formula is C27H26ClN7OS2. The molecule has 1 N–H and O–H groups in total. The summed E-state index contributed by atoms with van der Waals surface area (Å²) in [7, 11) is 0. The highest BCUT2D eigenvalue weighted by atomic mass is 35.5. The van der Waals surface area contributed by atoms with E-state index >= 15 is 0 Å². The molecule has 11 heteroatoms. The second kappa shape index (κ2) is 12.8. The largest absolute Gasteiger partial charge is 0.345 e. The highest BCUT2D eigenvalue weighted by molar-refractivity contribution is 8.14. The number of hydrazine groups is 1. The van der Waals surface area contributed by atoms with Crippen molar-refractivity contribution in [1.29, 1.82) is 5.26 Å². The van der Waals surface area contributed by atoms with Crippen LogP contribution in [-0.2, 0) is 16.9 Å². The van der Waals surface area contributed by atoms with Crippen LogP contribution in [0.4, 0.5) is 5.69 Å². The Morgan fingerprint density at radius 2 is 1.87 bits per heavy atom. The maximum Gasteiger partial charge on any atom is 0.279 e. The quantitative estimate of drug-likeness (QED) is 0.318. The maximum absolute atomic E-state index is 12.9. The number of carbonyl (C=O) groups excluding carboxylic acids is 1. The summed E-state index contributed by atoms with van der Waals surface area (Å²) in [5, 5.41) is 12.0. The number of thioether (sulfide) groups is 2. The summed E-state index contributed by atoms with van der Waals surface area (Å²) in [6.45, 7) is 3.49. The fourth-order valence-electron chi connectivity index (χ4n) is 3.87. The Labute approximate surface area is 235 Å². The molecule has 8 nitrogen and oxygen atoms in total. The van der Waals surface area contributed by atoms with Crippen LogP contribution in [-0.4, -0.2) is 49.7 Å². The fraction of sp³-hybridized carbons (Fsp3) is 0.222. The van der Waals surface area contributed by atoms with Gasteiger partial charge in [-0.15, -0.1) is 4.99 Å². The lowest BCUT2D eigenvalue weighted by molar-refractivity contribution is -0.129. The fourth-order valence-corrected chi connectivity index (χ4v) is 5.50. The molecule has 3 aromatic rings. The van der Waals surface area contributed by atoms with Crippen LogP contribution >= 0.6 is 35.1 Å². The second-order valence-electron chi connectivity index (χ2n) is 8.41. The first kappa shape index (κ1) is 27.5. The van der Waals surface area contributed by atoms with E-state index < -0.39 is 5.54 Å². The van der Waals surface area contributed by atoms with E-state index in [0.717, 1.165) is 40.8 Å². The zero-order chi connectivity index (χ0) is 27.0. The molecule has 2 aliphatic heterocycles. The maximum atomic E-state index is 12.9. The van der Waals surface area contributed by atoms with Crippen molar-refractivity contribution in [2.24, 2.45) is 9.98 Å². The lowest BCUT2D eigenvalue weighted by Gasteiger charge is -2.23. The number of carbonyl (C=O) groups is 1. The number of nitrogens with one attached hydrogen (secondary N) is 1. The van der Waals surface area contributed by atoms with E-state index in [9.17, 15) is 4.79 Å². The molecular weight excluding hydrogens is 538 g/mol. The molecule has 38 heavy (non-hydrogen) atoms. The minimum absolute atomic E-state index is 0.0769. The van der Waals surface area contributed by atoms with Crippen LogP contribution in [0.5, 0.6) is 0 Å². The Bertz CT molecular complexity index is 1350. The van der Waals surface area contributed by atoms with Crippen molar-refractivity contribution < 1.29 is 4.79 Å². The van der Waals surface area contributed by atoms with Gasteiger partial charge >= 0.3 is 0 Å². The summed E-state index contributed by atoms with van der Waals surface area (Å²) in [4.78, 5) is 27.5. The number of hydrogen-bond donors (Lipinski definition) is 1. The lowest BCUT2D eigenvalue weighted by Crippen LogP contribution is -2.42. The van der Waals surface area contributed by atoms with E-state index in [1.807, 2.05) is 86.1 Å². The third-order valence-electron chi connectivity index (χ3n) is 5.83. The smallest absolute Gasteiger partial charge is 0.279 e. The third-order valence-corrected chi connectivity index (χ3v) is 7.69. The number of amidine groups is 2. The van der Waals surface area contributed by atoms with Crippen molar-refractivity contribution >= 4 is 57.1 Å². The van der Waals surface area contributed by atoms with Gasteiger partial charge in [0.05, 0.1) is 5.69 Å². The van der Waals surface area contributed by atoms with Crippen molar-refractivity contribution in [3.8, 4) is 6.19 Å². The van der Waals surface area contributed by atoms with Gasteiger partial charge in [0.1, 0.15) is 5.15 Å². The minimum Gasteiger partial charge on any atom is -0.345 e. The van der Waals surface area contributed by atoms with E-state index in [0.29, 0.717) is 10.3 Å². The molecule has 3 heterocycles. The highest BCUT2D eigenvalue weighted by Crippen LogP contribution is 2.35. The van der Waals surface area contributed by atoms with Gasteiger partial charge in [0, 0.05) is 25.0 Å². The highest BCUT2D eigenvalue weighted by Gasteiger charge is 2.46. The van der Waals surface area contributed by atoms with E-state index in [1.165, 1.54) is 16.8 Å². The Hall–Kier alpha value is -3.52. The number of halogens is 1. The molecule has 1 amide bonds. The van der Waals surface area contributed by atoms with E-state index in [-0.39, 0.29) is 5.91 Å². The predicted octanol–water partition coefficient (Wildman–Crippen LogP) is 5.61. The molecule has 0 unspecified atom stereocenters. The standard InChI is InChI=1S/C17H17N3OS.C10H9ClN4S/c1-17(13-9-5-3-6-10-13)15(21)20(16(18-17)22-2)19-14-11-7-4-8-12-14;11-9-2-1-8(5-13-9)6-15-3-4-16-10(15)14-7-12/h3-12,19H,1-2H3;1-2,5H,3-4,6H2/t17-;/m0./s1. The normalized spacial score (nSPS) is 19.6. The first-order chi connectivity index (χ1) is 18.4. The van der Waals surface area contributed by atoms with Crippen LogP contribution < -0.4 is 5.43 Å². The van der Waals surface area contributed by atoms with Crippen molar-refractivity contribution in [3.05, 3.63) is 95.3 Å². The van der Waals surface area contributed by atoms with Gasteiger partial charge in [-0.3, -0.25) is 10.2 Å². The second-order valence-corrected chi connectivity index (χ2v) is 10.6. The van der Waals surface area contributed by atoms with Crippen molar-refractivity contribution in [3.63, 3.8) is 0 Å². The number of aromatic nitrogens is 1. The van der Waals surface area contributed by atoms with Crippen molar-refractivity contribution in [2.75, 3.05) is 24.0 Å². The number of nitriles is 1. The number of nitrogens with zero attached hydrogens (tertiary/aromatic N) is 6. The van der Waals surface area contributed by atoms with Gasteiger partial charge in [-0.1, -0.05) is 89.7 Å². The zero-order valence-electron chi connectivity index (χ0n) is 20.9. The average Bonchev–Trinajstić information content (AvgIpc) is 3.49. The van der Waals surface area contributed by atoms with Crippen molar-refractivity contribution in [1.82, 2.24) is 14.9 Å². The molecule has 5 rings (SSSR count). The molecule has 194 valence electrons. The summed E-state index contributed by atoms with van der Waals surface area (Å²) in [5.41, 5.74) is 5.08. The lowest BCUT2D eigenvalue weighted by atomic mass is 9.92. The molecule has 1 atom stereocenters. The van der Waals surface area contributed by atoms with Gasteiger partial charge in [-0.25, -0.2) is 9.98 Å². The zero-order valence-corrected chi connectivity index (χ0v) is 23.3. The number of pyridine rings is 1. The summed E-state index contributed by atoms with van der Waals surface area (Å²) in [6, 6.07) is 23.0. The van der Waals surface area contributed by atoms with Crippen LogP contribution in [0, 0.1) is 11.5 Å². The molecule has 1 saturated heterocycles. The van der Waals surface area contributed by atoms with E-state index in [1.54, 1.807) is 24.0 Å². The summed E-state index contributed by atoms with van der Waals surface area (Å²) < 4.78 is 0. The number of amides is 1. The average molecular weight is 564 g/mol. The van der Waals surface area contributed by atoms with Crippen LogP contribution in [0.15, 0.2) is 89.0 Å². The molecule has 0 aliphatic carbocycles. The van der Waals surface area contributed by atoms with Gasteiger partial charge in [-0.05, 0) is 42.5 Å². The minimum atomic E-state index is -0.888. The molecule has 0 spiro atoms. The summed E-state index contributed by atoms with van der Waals surface area (Å²) >= 11 is 8.77. The first-order valence-corrected chi connectivity index (χ1v) is 14.3. The molecule has 1 fully saturated rings. The van der Waals surface area contributed by atoms with Crippen LogP contribution in [0.1, 0.15) is 18.1 Å². The molecule has 0 radical (unpaired) electrons. The Morgan fingerprint density at radius 3 is 2.50 bits per heavy atom. The van der Waals surface area contributed by atoms with Crippen LogP contribution in [0.3, 0.4) is 0 Å². The number of hydrogen-bond acceptors (Lipinski definition) is 8. The molecule has 2 aliphatic rings. The third kappa shape index (κ3) is 6.48. The van der Waals surface area contributed by atoms with E-state index in [2.05, 4.69) is 25.3 Å². The van der Waals surface area contributed by atoms with Gasteiger partial charge in [0.25, 0.3) is 5.91 Å². The summed E-state index contributed by atoms with van der Waals surface area (Å²) in [6.07, 6.45) is 5.49. The number of para-hydroxylation sites is 1. The Kier molecular flexibility index (Phi) is 9.29. The van der Waals surface area contributed by atoms with Gasteiger partial charge in [0.2, 0.25) is 6.19 Å². The predicted molar refractivity (Wildman–Crippen MR) is 157 cm³/mol. The van der Waals surface area contributed by atoms with Gasteiger partial charge in [0.15, 0.2) is 15.9 Å². The first-order valence-electron chi connectivity index (χ1n) is 11.7. The van der Waals surface area contributed by atoms with Crippen LogP contribution in [0.25, 0.3) is 0 Å². The van der Waals surface area contributed by atoms with Crippen LogP contribution in [0.2, 0.25) is 5.15 Å². The molecule has 0 bridgehead atoms.